The van der Waals surface area contributed by atoms with Crippen molar-refractivity contribution in [2.45, 2.75) is 13.0 Å². The number of likely N-dealkylation sites (N-methyl/N-ethyl adjacent to an activating group) is 1. The van der Waals surface area contributed by atoms with Gasteiger partial charge in [-0.05, 0) is 31.2 Å². The lowest BCUT2D eigenvalue weighted by Gasteiger charge is -2.14. The van der Waals surface area contributed by atoms with Crippen LogP contribution in [0.1, 0.15) is 21.1 Å². The number of benzene rings is 1. The molecule has 1 aromatic carbocycles. The van der Waals surface area contributed by atoms with Gasteiger partial charge in [0.25, 0.3) is 0 Å². The van der Waals surface area contributed by atoms with E-state index in [1.54, 1.807) is 5.38 Å². The highest BCUT2D eigenvalue weighted by Gasteiger charge is 2.10. The zero-order valence-electron chi connectivity index (χ0n) is 11.0. The highest BCUT2D eigenvalue weighted by Crippen LogP contribution is 2.13. The molecule has 0 aliphatic carbocycles. The third-order valence-corrected chi connectivity index (χ3v) is 4.23. The van der Waals surface area contributed by atoms with E-state index >= 15 is 0 Å². The van der Waals surface area contributed by atoms with Crippen molar-refractivity contribution in [1.82, 2.24) is 9.88 Å². The third kappa shape index (κ3) is 4.40. The number of hydrogen-bond donors (Lipinski definition) is 1. The van der Waals surface area contributed by atoms with E-state index in [1.165, 1.54) is 16.9 Å². The number of aromatic carboxylic acids is 1. The first-order valence-electron chi connectivity index (χ1n) is 6.15. The molecule has 6 heteroatoms. The van der Waals surface area contributed by atoms with E-state index in [4.69, 9.17) is 5.11 Å². The second-order valence-electron chi connectivity index (χ2n) is 4.55. The smallest absolute Gasteiger partial charge is 0.355 e. The predicted molar refractivity (Wildman–Crippen MR) is 83.3 cm³/mol. The maximum Gasteiger partial charge on any atom is 0.355 e. The monoisotopic (exact) mass is 354 g/mol. The summed E-state index contributed by atoms with van der Waals surface area (Å²) in [6, 6.07) is 8.28. The molecule has 0 spiro atoms. The zero-order valence-corrected chi connectivity index (χ0v) is 13.4. The summed E-state index contributed by atoms with van der Waals surface area (Å²) in [6.07, 6.45) is 0.959. The Morgan fingerprint density at radius 1 is 1.40 bits per heavy atom. The average molecular weight is 355 g/mol. The number of halogens is 1. The molecule has 0 atom stereocenters. The minimum absolute atomic E-state index is 0.131. The second-order valence-corrected chi connectivity index (χ2v) is 6.40. The van der Waals surface area contributed by atoms with E-state index in [2.05, 4.69) is 37.9 Å². The Hall–Kier alpha value is -1.24. The van der Waals surface area contributed by atoms with Crippen molar-refractivity contribution in [2.75, 3.05) is 13.6 Å². The second kappa shape index (κ2) is 6.97. The molecule has 0 saturated carbocycles. The summed E-state index contributed by atoms with van der Waals surface area (Å²) in [7, 11) is 2.01. The molecule has 0 aliphatic rings. The molecule has 0 bridgehead atoms. The van der Waals surface area contributed by atoms with Crippen LogP contribution < -0.4 is 0 Å². The largest absolute Gasteiger partial charge is 0.476 e. The van der Waals surface area contributed by atoms with Crippen molar-refractivity contribution < 1.29 is 9.90 Å². The molecule has 0 unspecified atom stereocenters. The minimum atomic E-state index is -0.968. The molecule has 0 amide bonds. The van der Waals surface area contributed by atoms with Gasteiger partial charge in [0.15, 0.2) is 5.69 Å². The Labute approximate surface area is 130 Å². The fourth-order valence-corrected chi connectivity index (χ4v) is 2.87. The Balaban J connectivity index is 1.84. The first-order chi connectivity index (χ1) is 9.54. The van der Waals surface area contributed by atoms with Crippen molar-refractivity contribution in [3.05, 3.63) is 50.4 Å². The van der Waals surface area contributed by atoms with Crippen molar-refractivity contribution in [3.8, 4) is 0 Å². The molecule has 4 nitrogen and oxygen atoms in total. The van der Waals surface area contributed by atoms with E-state index < -0.39 is 5.97 Å². The first kappa shape index (κ1) is 15.2. The maximum absolute atomic E-state index is 10.8. The summed E-state index contributed by atoms with van der Waals surface area (Å²) in [4.78, 5) is 17.0. The van der Waals surface area contributed by atoms with Crippen LogP contribution in [0.15, 0.2) is 34.1 Å². The Morgan fingerprint density at radius 2 is 2.10 bits per heavy atom. The fraction of sp³-hybridized carbons (Fsp3) is 0.286. The molecular formula is C14H15BrN2O2S. The number of carboxylic acid groups (broad SMARTS) is 1. The standard InChI is InChI=1S/C14H15BrN2O2S/c1-17(7-6-10-2-4-11(15)5-3-10)8-13-16-12(9-20-13)14(18)19/h2-5,9H,6-8H2,1H3,(H,18,19). The van der Waals surface area contributed by atoms with Gasteiger partial charge in [-0.3, -0.25) is 4.90 Å². The fourth-order valence-electron chi connectivity index (χ4n) is 1.76. The van der Waals surface area contributed by atoms with Gasteiger partial charge in [0.2, 0.25) is 0 Å². The van der Waals surface area contributed by atoms with Crippen molar-refractivity contribution in [2.24, 2.45) is 0 Å². The molecule has 0 fully saturated rings. The zero-order chi connectivity index (χ0) is 14.5. The van der Waals surface area contributed by atoms with Crippen LogP contribution in [0, 0.1) is 0 Å². The summed E-state index contributed by atoms with van der Waals surface area (Å²) in [6.45, 7) is 1.58. The lowest BCUT2D eigenvalue weighted by Crippen LogP contribution is -2.20. The highest BCUT2D eigenvalue weighted by atomic mass is 79.9. The number of hydrogen-bond acceptors (Lipinski definition) is 4. The van der Waals surface area contributed by atoms with E-state index in [-0.39, 0.29) is 5.69 Å². The topological polar surface area (TPSA) is 53.4 Å². The van der Waals surface area contributed by atoms with E-state index in [0.29, 0.717) is 6.54 Å². The van der Waals surface area contributed by atoms with Gasteiger partial charge in [0, 0.05) is 16.4 Å². The molecule has 0 radical (unpaired) electrons. The van der Waals surface area contributed by atoms with Crippen LogP contribution in [0.4, 0.5) is 0 Å². The molecule has 1 aromatic heterocycles. The lowest BCUT2D eigenvalue weighted by molar-refractivity contribution is 0.0691. The summed E-state index contributed by atoms with van der Waals surface area (Å²) >= 11 is 4.81. The van der Waals surface area contributed by atoms with Gasteiger partial charge in [-0.1, -0.05) is 28.1 Å². The number of rotatable bonds is 6. The van der Waals surface area contributed by atoms with E-state index in [1.807, 2.05) is 19.2 Å². The SMILES string of the molecule is CN(CCc1ccc(Br)cc1)Cc1nc(C(=O)O)cs1. The molecule has 1 N–H and O–H groups in total. The number of thiazole rings is 1. The van der Waals surface area contributed by atoms with Crippen LogP contribution in [0.25, 0.3) is 0 Å². The summed E-state index contributed by atoms with van der Waals surface area (Å²) in [5, 5.41) is 11.3. The van der Waals surface area contributed by atoms with Crippen LogP contribution in [0.2, 0.25) is 0 Å². The van der Waals surface area contributed by atoms with Crippen LogP contribution in [0.5, 0.6) is 0 Å². The van der Waals surface area contributed by atoms with Gasteiger partial charge in [-0.15, -0.1) is 11.3 Å². The number of carboxylic acids is 1. The molecule has 0 saturated heterocycles. The molecule has 2 rings (SSSR count). The first-order valence-corrected chi connectivity index (χ1v) is 7.82. The van der Waals surface area contributed by atoms with E-state index in [9.17, 15) is 4.79 Å². The maximum atomic E-state index is 10.8. The Morgan fingerprint density at radius 3 is 2.70 bits per heavy atom. The average Bonchev–Trinajstić information content (AvgIpc) is 2.87. The quantitative estimate of drug-likeness (QED) is 0.864. The summed E-state index contributed by atoms with van der Waals surface area (Å²) in [5.74, 6) is -0.968. The van der Waals surface area contributed by atoms with Crippen LogP contribution in [0.3, 0.4) is 0 Å². The third-order valence-electron chi connectivity index (χ3n) is 2.87. The molecule has 0 aliphatic heterocycles. The van der Waals surface area contributed by atoms with Crippen molar-refractivity contribution in [1.29, 1.82) is 0 Å². The molecule has 20 heavy (non-hydrogen) atoms. The summed E-state index contributed by atoms with van der Waals surface area (Å²) < 4.78 is 1.08. The normalized spacial score (nSPS) is 10.9. The number of carbonyl (C=O) groups is 1. The number of nitrogens with zero attached hydrogens (tertiary/aromatic N) is 2. The molecular weight excluding hydrogens is 340 g/mol. The van der Waals surface area contributed by atoms with Gasteiger partial charge in [0.05, 0.1) is 6.54 Å². The number of aromatic nitrogens is 1. The molecule has 106 valence electrons. The minimum Gasteiger partial charge on any atom is -0.476 e. The Bertz CT molecular complexity index is 583. The van der Waals surface area contributed by atoms with Gasteiger partial charge in [0.1, 0.15) is 5.01 Å². The molecule has 1 heterocycles. The van der Waals surface area contributed by atoms with Gasteiger partial charge < -0.3 is 5.11 Å². The van der Waals surface area contributed by atoms with Crippen LogP contribution in [-0.4, -0.2) is 34.6 Å². The van der Waals surface area contributed by atoms with Crippen LogP contribution in [-0.2, 0) is 13.0 Å². The summed E-state index contributed by atoms with van der Waals surface area (Å²) in [5.41, 5.74) is 1.41. The van der Waals surface area contributed by atoms with E-state index in [0.717, 1.165) is 22.4 Å². The Kier molecular flexibility index (Phi) is 5.28. The molecule has 2 aromatic rings. The van der Waals surface area contributed by atoms with Crippen molar-refractivity contribution >= 4 is 33.2 Å². The lowest BCUT2D eigenvalue weighted by atomic mass is 10.1. The highest BCUT2D eigenvalue weighted by molar-refractivity contribution is 9.10. The van der Waals surface area contributed by atoms with Gasteiger partial charge >= 0.3 is 5.97 Å². The van der Waals surface area contributed by atoms with Gasteiger partial charge in [-0.25, -0.2) is 9.78 Å². The predicted octanol–water partition coefficient (Wildman–Crippen LogP) is 3.28. The van der Waals surface area contributed by atoms with Crippen LogP contribution >= 0.6 is 27.3 Å². The van der Waals surface area contributed by atoms with Crippen molar-refractivity contribution in [3.63, 3.8) is 0 Å². The van der Waals surface area contributed by atoms with Gasteiger partial charge in [-0.2, -0.15) is 0 Å².